The molecule has 1 aromatic carbocycles. The number of carbonyl (C=O) groups is 1. The van der Waals surface area contributed by atoms with Crippen LogP contribution in [0.2, 0.25) is 0 Å². The Morgan fingerprint density at radius 1 is 1.47 bits per heavy atom. The van der Waals surface area contributed by atoms with Crippen LogP contribution in [-0.4, -0.2) is 30.7 Å². The van der Waals surface area contributed by atoms with Crippen LogP contribution in [0.3, 0.4) is 0 Å². The second kappa shape index (κ2) is 6.03. The first kappa shape index (κ1) is 14.5. The van der Waals surface area contributed by atoms with E-state index in [0.29, 0.717) is 6.54 Å². The van der Waals surface area contributed by atoms with Gasteiger partial charge in [-0.15, -0.1) is 0 Å². The summed E-state index contributed by atoms with van der Waals surface area (Å²) >= 11 is 3.36. The summed E-state index contributed by atoms with van der Waals surface area (Å²) in [4.78, 5) is 11.9. The van der Waals surface area contributed by atoms with Crippen molar-refractivity contribution in [2.45, 2.75) is 31.9 Å². The van der Waals surface area contributed by atoms with E-state index < -0.39 is 0 Å². The quantitative estimate of drug-likeness (QED) is 0.894. The number of carbonyl (C=O) groups excluding carboxylic acids is 1. The smallest absolute Gasteiger partial charge is 0.238 e. The Morgan fingerprint density at radius 3 is 2.74 bits per heavy atom. The van der Waals surface area contributed by atoms with Crippen molar-refractivity contribution in [1.82, 2.24) is 5.32 Å². The molecule has 2 N–H and O–H groups in total. The Labute approximate surface area is 122 Å². The summed E-state index contributed by atoms with van der Waals surface area (Å²) in [5, 5.41) is 6.15. The predicted molar refractivity (Wildman–Crippen MR) is 79.2 cm³/mol. The molecule has 1 aliphatic heterocycles. The van der Waals surface area contributed by atoms with Crippen molar-refractivity contribution < 1.29 is 9.53 Å². The normalized spacial score (nSPS) is 26.4. The molecule has 0 bridgehead atoms. The molecule has 4 nitrogen and oxygen atoms in total. The topological polar surface area (TPSA) is 50.4 Å². The highest BCUT2D eigenvalue weighted by Gasteiger charge is 2.36. The number of amides is 1. The van der Waals surface area contributed by atoms with E-state index in [0.717, 1.165) is 23.2 Å². The van der Waals surface area contributed by atoms with E-state index in [-0.39, 0.29) is 17.6 Å². The van der Waals surface area contributed by atoms with E-state index in [9.17, 15) is 4.79 Å². The van der Waals surface area contributed by atoms with E-state index in [1.54, 1.807) is 0 Å². The Bertz CT molecular complexity index is 449. The molecule has 2 atom stereocenters. The van der Waals surface area contributed by atoms with Gasteiger partial charge < -0.3 is 15.4 Å². The third-order valence-corrected chi connectivity index (χ3v) is 4.20. The molecule has 104 valence electrons. The Kier molecular flexibility index (Phi) is 4.60. The third kappa shape index (κ3) is 3.78. The monoisotopic (exact) mass is 326 g/mol. The van der Waals surface area contributed by atoms with Gasteiger partial charge in [0.1, 0.15) is 0 Å². The lowest BCUT2D eigenvalue weighted by Gasteiger charge is -2.28. The number of anilines is 1. The lowest BCUT2D eigenvalue weighted by Crippen LogP contribution is -2.50. The van der Waals surface area contributed by atoms with Gasteiger partial charge in [0, 0.05) is 22.3 Å². The molecule has 0 aliphatic carbocycles. The highest BCUT2D eigenvalue weighted by atomic mass is 79.9. The first-order chi connectivity index (χ1) is 8.99. The lowest BCUT2D eigenvalue weighted by atomic mass is 9.95. The fraction of sp³-hybridized carbons (Fsp3) is 0.500. The van der Waals surface area contributed by atoms with Crippen molar-refractivity contribution in [3.8, 4) is 0 Å². The molecule has 1 fully saturated rings. The van der Waals surface area contributed by atoms with Crippen LogP contribution in [0.4, 0.5) is 5.69 Å². The van der Waals surface area contributed by atoms with E-state index in [2.05, 4.69) is 33.5 Å². The molecule has 1 aromatic rings. The van der Waals surface area contributed by atoms with Crippen LogP contribution in [0, 0.1) is 0 Å². The van der Waals surface area contributed by atoms with Crippen LogP contribution in [0.5, 0.6) is 0 Å². The van der Waals surface area contributed by atoms with Gasteiger partial charge in [-0.25, -0.2) is 0 Å². The molecular formula is C14H19BrN2O2. The van der Waals surface area contributed by atoms with E-state index >= 15 is 0 Å². The van der Waals surface area contributed by atoms with Gasteiger partial charge in [0.2, 0.25) is 5.91 Å². The summed E-state index contributed by atoms with van der Waals surface area (Å²) < 4.78 is 6.53. The number of rotatable bonds is 4. The first-order valence-electron chi connectivity index (χ1n) is 6.42. The van der Waals surface area contributed by atoms with Crippen LogP contribution in [0.15, 0.2) is 28.7 Å². The molecule has 1 amide bonds. The molecular weight excluding hydrogens is 308 g/mol. The summed E-state index contributed by atoms with van der Waals surface area (Å²) in [6.45, 7) is 5.17. The number of hydrogen-bond acceptors (Lipinski definition) is 3. The Balaban J connectivity index is 1.83. The summed E-state index contributed by atoms with van der Waals surface area (Å²) in [5.74, 6) is -0.0392. The minimum absolute atomic E-state index is 0.0392. The van der Waals surface area contributed by atoms with Gasteiger partial charge in [0.05, 0.1) is 12.6 Å². The molecule has 5 heteroatoms. The number of benzene rings is 1. The highest BCUT2D eigenvalue weighted by Crippen LogP contribution is 2.24. The number of ether oxygens (including phenoxy) is 1. The minimum atomic E-state index is -0.114. The number of nitrogens with one attached hydrogen (secondary N) is 2. The molecule has 1 saturated heterocycles. The number of halogens is 1. The largest absolute Gasteiger partial charge is 0.377 e. The predicted octanol–water partition coefficient (Wildman–Crippen LogP) is 2.54. The fourth-order valence-electron chi connectivity index (χ4n) is 2.09. The highest BCUT2D eigenvalue weighted by molar-refractivity contribution is 9.10. The van der Waals surface area contributed by atoms with Crippen LogP contribution >= 0.6 is 15.9 Å². The van der Waals surface area contributed by atoms with Crippen molar-refractivity contribution in [2.24, 2.45) is 0 Å². The summed E-state index contributed by atoms with van der Waals surface area (Å²) in [5.41, 5.74) is 0.688. The Hall–Kier alpha value is -0.910. The zero-order valence-electron chi connectivity index (χ0n) is 11.2. The van der Waals surface area contributed by atoms with Crippen LogP contribution in [0.1, 0.15) is 20.3 Å². The van der Waals surface area contributed by atoms with Gasteiger partial charge in [-0.1, -0.05) is 15.9 Å². The third-order valence-electron chi connectivity index (χ3n) is 3.67. The lowest BCUT2D eigenvalue weighted by molar-refractivity contribution is -0.115. The first-order valence-corrected chi connectivity index (χ1v) is 7.21. The van der Waals surface area contributed by atoms with Gasteiger partial charge in [0.25, 0.3) is 0 Å². The molecule has 0 saturated carbocycles. The van der Waals surface area contributed by atoms with Gasteiger partial charge in [0.15, 0.2) is 0 Å². The number of hydrogen-bond donors (Lipinski definition) is 2. The maximum Gasteiger partial charge on any atom is 0.238 e. The second-order valence-electron chi connectivity index (χ2n) is 5.09. The maximum absolute atomic E-state index is 11.9. The zero-order valence-corrected chi connectivity index (χ0v) is 12.8. The average molecular weight is 327 g/mol. The fourth-order valence-corrected chi connectivity index (χ4v) is 2.35. The molecule has 0 aromatic heterocycles. The molecule has 0 spiro atoms. The van der Waals surface area contributed by atoms with Crippen molar-refractivity contribution in [3.05, 3.63) is 28.7 Å². The SMILES string of the molecule is C[C@H]1OCC[C@]1(C)NCC(=O)Nc1ccc(Br)cc1. The van der Waals surface area contributed by atoms with Crippen LogP contribution < -0.4 is 10.6 Å². The van der Waals surface area contributed by atoms with Crippen molar-refractivity contribution in [1.29, 1.82) is 0 Å². The van der Waals surface area contributed by atoms with Gasteiger partial charge >= 0.3 is 0 Å². The standard InChI is InChI=1S/C14H19BrN2O2/c1-10-14(2,7-8-19-10)16-9-13(18)17-12-5-3-11(15)4-6-12/h3-6,10,16H,7-9H2,1-2H3,(H,17,18)/t10-,14+/m1/s1. The molecule has 1 aliphatic rings. The maximum atomic E-state index is 11.9. The van der Waals surface area contributed by atoms with Gasteiger partial charge in [-0.05, 0) is 44.5 Å². The van der Waals surface area contributed by atoms with Gasteiger partial charge in [-0.2, -0.15) is 0 Å². The van der Waals surface area contributed by atoms with Crippen molar-refractivity contribution in [3.63, 3.8) is 0 Å². The molecule has 0 unspecified atom stereocenters. The molecule has 2 rings (SSSR count). The van der Waals surface area contributed by atoms with Crippen molar-refractivity contribution >= 4 is 27.5 Å². The van der Waals surface area contributed by atoms with Gasteiger partial charge in [-0.3, -0.25) is 4.79 Å². The zero-order chi connectivity index (χ0) is 13.9. The van der Waals surface area contributed by atoms with Crippen LogP contribution in [-0.2, 0) is 9.53 Å². The van der Waals surface area contributed by atoms with Crippen LogP contribution in [0.25, 0.3) is 0 Å². The summed E-state index contributed by atoms with van der Waals surface area (Å²) in [6, 6.07) is 7.53. The Morgan fingerprint density at radius 2 is 2.16 bits per heavy atom. The summed E-state index contributed by atoms with van der Waals surface area (Å²) in [6.07, 6.45) is 1.06. The summed E-state index contributed by atoms with van der Waals surface area (Å²) in [7, 11) is 0. The molecule has 0 radical (unpaired) electrons. The molecule has 1 heterocycles. The minimum Gasteiger partial charge on any atom is -0.377 e. The van der Waals surface area contributed by atoms with E-state index in [1.807, 2.05) is 31.2 Å². The average Bonchev–Trinajstić information content (AvgIpc) is 2.71. The second-order valence-corrected chi connectivity index (χ2v) is 6.00. The van der Waals surface area contributed by atoms with E-state index in [1.165, 1.54) is 0 Å². The van der Waals surface area contributed by atoms with E-state index in [4.69, 9.17) is 4.74 Å². The molecule has 19 heavy (non-hydrogen) atoms. The van der Waals surface area contributed by atoms with Crippen molar-refractivity contribution in [2.75, 3.05) is 18.5 Å².